The number of benzene rings is 1. The van der Waals surface area contributed by atoms with Gasteiger partial charge in [-0.1, -0.05) is 19.2 Å². The van der Waals surface area contributed by atoms with Gasteiger partial charge in [-0.05, 0) is 0 Å². The molecule has 1 radical (unpaired) electrons. The van der Waals surface area contributed by atoms with Crippen molar-refractivity contribution < 1.29 is 25.8 Å². The van der Waals surface area contributed by atoms with E-state index in [2.05, 4.69) is 55.6 Å². The first-order chi connectivity index (χ1) is 8.38. The zero-order valence-electron chi connectivity index (χ0n) is 11.0. The number of fused-ring (bicyclic) bond motifs is 1. The maximum atomic E-state index is 2.21. The smallest absolute Gasteiger partial charge is 0.0213 e. The molecule has 0 bridgehead atoms. The quantitative estimate of drug-likeness (QED) is 0.373. The predicted molar refractivity (Wildman–Crippen MR) is 80.5 cm³/mol. The minimum atomic E-state index is 0. The Bertz CT molecular complexity index is 435. The SMILES string of the molecule is C[SiH]C.[Hf].c1cc[cH-]c1.c1ccc2[cH-]ccc2c1. The van der Waals surface area contributed by atoms with E-state index >= 15 is 0 Å². The molecule has 2 heteroatoms. The third kappa shape index (κ3) is 6.87. The van der Waals surface area contributed by atoms with Crippen LogP contribution in [0.2, 0.25) is 13.1 Å². The van der Waals surface area contributed by atoms with Gasteiger partial charge in [0.1, 0.15) is 0 Å². The fourth-order valence-corrected chi connectivity index (χ4v) is 1.39. The van der Waals surface area contributed by atoms with Crippen molar-refractivity contribution in [2.45, 2.75) is 13.1 Å². The molecule has 0 nitrogen and oxygen atoms in total. The molecule has 0 heterocycles. The standard InChI is InChI=1S/C9H7.C5H5.C2H7Si.Hf/c1-2-5-9-7-3-6-8(9)4-1;1-2-4-5-3-1;1-3-2;/h1-7H;1-5H;3H,1-2H3;/q2*-1;;. The molecule has 0 aliphatic rings. The summed E-state index contributed by atoms with van der Waals surface area (Å²) in [7, 11) is 0.750. The molecule has 0 saturated carbocycles. The Morgan fingerprint density at radius 2 is 1.44 bits per heavy atom. The van der Waals surface area contributed by atoms with Gasteiger partial charge in [-0.25, -0.2) is 12.1 Å². The van der Waals surface area contributed by atoms with E-state index in [-0.39, 0.29) is 25.8 Å². The Labute approximate surface area is 131 Å². The second-order valence-electron chi connectivity index (χ2n) is 3.69. The van der Waals surface area contributed by atoms with Crippen molar-refractivity contribution in [1.82, 2.24) is 0 Å². The minimum Gasteiger partial charge on any atom is -0.214 e. The van der Waals surface area contributed by atoms with Crippen LogP contribution in [0.15, 0.2) is 72.8 Å². The molecule has 0 atom stereocenters. The van der Waals surface area contributed by atoms with Gasteiger partial charge in [0.05, 0.1) is 0 Å². The molecule has 3 aromatic carbocycles. The van der Waals surface area contributed by atoms with E-state index in [1.165, 1.54) is 10.8 Å². The zero-order chi connectivity index (χ0) is 12.3. The van der Waals surface area contributed by atoms with Crippen LogP contribution in [-0.4, -0.2) is 9.52 Å². The van der Waals surface area contributed by atoms with Crippen molar-refractivity contribution in [1.29, 1.82) is 0 Å². The maximum Gasteiger partial charge on any atom is 0.0213 e. The average Bonchev–Trinajstić information content (AvgIpc) is 3.05. The van der Waals surface area contributed by atoms with Crippen LogP contribution in [0.25, 0.3) is 10.8 Å². The second kappa shape index (κ2) is 11.4. The van der Waals surface area contributed by atoms with Crippen molar-refractivity contribution in [3.63, 3.8) is 0 Å². The van der Waals surface area contributed by atoms with Crippen molar-refractivity contribution in [2.75, 3.05) is 0 Å². The average molecular weight is 418 g/mol. The van der Waals surface area contributed by atoms with Gasteiger partial charge >= 0.3 is 0 Å². The van der Waals surface area contributed by atoms with E-state index in [0.29, 0.717) is 0 Å². The molecular weight excluding hydrogens is 399 g/mol. The van der Waals surface area contributed by atoms with E-state index in [1.54, 1.807) is 0 Å². The Morgan fingerprint density at radius 3 is 1.94 bits per heavy atom. The van der Waals surface area contributed by atoms with E-state index in [4.69, 9.17) is 0 Å². The molecule has 0 amide bonds. The fourth-order valence-electron chi connectivity index (χ4n) is 1.39. The van der Waals surface area contributed by atoms with Gasteiger partial charge in [0.25, 0.3) is 0 Å². The summed E-state index contributed by atoms with van der Waals surface area (Å²) in [4.78, 5) is 0. The summed E-state index contributed by atoms with van der Waals surface area (Å²) in [6.45, 7) is 4.42. The Balaban J connectivity index is 0.000000277. The van der Waals surface area contributed by atoms with Crippen molar-refractivity contribution in [3.8, 4) is 0 Å². The molecule has 0 unspecified atom stereocenters. The fraction of sp³-hybridized carbons (Fsp3) is 0.125. The number of hydrogen-bond donors (Lipinski definition) is 0. The van der Waals surface area contributed by atoms with Crippen LogP contribution < -0.4 is 0 Å². The van der Waals surface area contributed by atoms with Crippen molar-refractivity contribution >= 4 is 20.3 Å². The van der Waals surface area contributed by atoms with Crippen molar-refractivity contribution in [2.24, 2.45) is 0 Å². The summed E-state index contributed by atoms with van der Waals surface area (Å²) in [6.07, 6.45) is 0. The Hall–Kier alpha value is -0.733. The van der Waals surface area contributed by atoms with E-state index < -0.39 is 0 Å². The normalized spacial score (nSPS) is 8.33. The maximum absolute atomic E-state index is 2.21. The molecule has 0 fully saturated rings. The Kier molecular flexibility index (Phi) is 10.9. The summed E-state index contributed by atoms with van der Waals surface area (Å²) in [6, 6.07) is 24.7. The van der Waals surface area contributed by atoms with E-state index in [1.807, 2.05) is 30.3 Å². The monoisotopic (exact) mass is 419 g/mol. The summed E-state index contributed by atoms with van der Waals surface area (Å²) in [5, 5.41) is 2.66. The van der Waals surface area contributed by atoms with Gasteiger partial charge in [0.15, 0.2) is 0 Å². The molecule has 0 spiro atoms. The first kappa shape index (κ1) is 17.3. The van der Waals surface area contributed by atoms with Crippen LogP contribution >= 0.6 is 0 Å². The predicted octanol–water partition coefficient (Wildman–Crippen LogP) is 4.48. The van der Waals surface area contributed by atoms with Crippen LogP contribution in [0.4, 0.5) is 0 Å². The van der Waals surface area contributed by atoms with Crippen LogP contribution in [0.3, 0.4) is 0 Å². The van der Waals surface area contributed by atoms with E-state index in [0.717, 1.165) is 9.52 Å². The van der Waals surface area contributed by atoms with Gasteiger partial charge in [-0.15, -0.1) is 29.7 Å². The molecule has 3 aromatic rings. The van der Waals surface area contributed by atoms with Crippen LogP contribution in [0.1, 0.15) is 0 Å². The molecule has 0 aromatic heterocycles. The topological polar surface area (TPSA) is 0 Å². The summed E-state index contributed by atoms with van der Waals surface area (Å²) < 4.78 is 0. The Morgan fingerprint density at radius 1 is 0.833 bits per heavy atom. The van der Waals surface area contributed by atoms with Crippen LogP contribution in [-0.2, 0) is 25.8 Å². The molecule has 3 rings (SSSR count). The second-order valence-corrected chi connectivity index (χ2v) is 4.85. The van der Waals surface area contributed by atoms with Gasteiger partial charge in [0.2, 0.25) is 0 Å². The van der Waals surface area contributed by atoms with E-state index in [9.17, 15) is 0 Å². The minimum absolute atomic E-state index is 0. The largest absolute Gasteiger partial charge is 0.214 e. The third-order valence-corrected chi connectivity index (χ3v) is 2.10. The van der Waals surface area contributed by atoms with Gasteiger partial charge < -0.3 is 0 Å². The number of rotatable bonds is 0. The summed E-state index contributed by atoms with van der Waals surface area (Å²) >= 11 is 0. The van der Waals surface area contributed by atoms with Gasteiger partial charge in [0, 0.05) is 35.4 Å². The molecular formula is C16H19HfSi-2. The molecule has 93 valence electrons. The summed E-state index contributed by atoms with van der Waals surface area (Å²) in [5.74, 6) is 0. The van der Waals surface area contributed by atoms with Crippen LogP contribution in [0, 0.1) is 0 Å². The third-order valence-electron chi connectivity index (χ3n) is 2.10. The molecule has 0 aliphatic heterocycles. The molecule has 0 saturated heterocycles. The first-order valence-corrected chi connectivity index (χ1v) is 8.20. The molecule has 0 N–H and O–H groups in total. The van der Waals surface area contributed by atoms with Gasteiger partial charge in [-0.3, -0.25) is 0 Å². The molecule has 0 aliphatic carbocycles. The molecule has 18 heavy (non-hydrogen) atoms. The summed E-state index contributed by atoms with van der Waals surface area (Å²) in [5.41, 5.74) is 0. The van der Waals surface area contributed by atoms with Crippen LogP contribution in [0.5, 0.6) is 0 Å². The number of hydrogen-bond acceptors (Lipinski definition) is 0. The first-order valence-electron chi connectivity index (χ1n) is 5.89. The van der Waals surface area contributed by atoms with Gasteiger partial charge in [-0.2, -0.15) is 35.7 Å². The van der Waals surface area contributed by atoms with Crippen molar-refractivity contribution in [3.05, 3.63) is 72.8 Å². The zero-order valence-corrected chi connectivity index (χ0v) is 15.8.